The van der Waals surface area contributed by atoms with Gasteiger partial charge in [-0.05, 0) is 51.6 Å². The second-order valence-electron chi connectivity index (χ2n) is 8.81. The summed E-state index contributed by atoms with van der Waals surface area (Å²) in [5, 5.41) is 9.65. The Morgan fingerprint density at radius 2 is 1.09 bits per heavy atom. The molecule has 2 aliphatic rings. The molecule has 0 amide bonds. The largest absolute Gasteiger partial charge is 0.457 e. The smallest absolute Gasteiger partial charge is 0.132 e. The van der Waals surface area contributed by atoms with Crippen molar-refractivity contribution in [3.63, 3.8) is 0 Å². The molecule has 34 heavy (non-hydrogen) atoms. The minimum atomic E-state index is -0.454. The molecule has 0 fully saturated rings. The van der Waals surface area contributed by atoms with Gasteiger partial charge in [-0.1, -0.05) is 97.1 Å². The van der Waals surface area contributed by atoms with E-state index in [1.54, 1.807) is 0 Å². The molecule has 0 bridgehead atoms. The highest BCUT2D eigenvalue weighted by Crippen LogP contribution is 2.62. The van der Waals surface area contributed by atoms with Crippen molar-refractivity contribution in [3.05, 3.63) is 143 Å². The summed E-state index contributed by atoms with van der Waals surface area (Å²) in [5.41, 5.74) is 9.46. The van der Waals surface area contributed by atoms with Crippen LogP contribution in [-0.4, -0.2) is 0 Å². The van der Waals surface area contributed by atoms with E-state index in [1.165, 1.54) is 22.3 Å². The Morgan fingerprint density at radius 1 is 0.529 bits per heavy atom. The molecule has 0 radical (unpaired) electrons. The molecule has 0 unspecified atom stereocenters. The molecule has 7 rings (SSSR count). The summed E-state index contributed by atoms with van der Waals surface area (Å²) < 4.78 is 6.55. The predicted octanol–water partition coefficient (Wildman–Crippen LogP) is 7.69. The summed E-state index contributed by atoms with van der Waals surface area (Å²) in [6.07, 6.45) is 0. The fourth-order valence-electron chi connectivity index (χ4n) is 5.86. The van der Waals surface area contributed by atoms with Crippen LogP contribution >= 0.6 is 0 Å². The van der Waals surface area contributed by atoms with Crippen molar-refractivity contribution < 1.29 is 4.74 Å². The maximum atomic E-state index is 9.65. The molecule has 158 valence electrons. The molecule has 5 aromatic carbocycles. The van der Waals surface area contributed by atoms with Crippen LogP contribution in [0.25, 0.3) is 22.3 Å². The van der Waals surface area contributed by atoms with Gasteiger partial charge in [0.1, 0.15) is 11.5 Å². The minimum Gasteiger partial charge on any atom is -0.457 e. The van der Waals surface area contributed by atoms with E-state index >= 15 is 0 Å². The second-order valence-corrected chi connectivity index (χ2v) is 8.81. The molecule has 2 heteroatoms. The Balaban J connectivity index is 1.58. The van der Waals surface area contributed by atoms with Gasteiger partial charge in [-0.2, -0.15) is 5.26 Å². The highest BCUT2D eigenvalue weighted by Gasteiger charge is 2.50. The predicted molar refractivity (Wildman–Crippen MR) is 134 cm³/mol. The van der Waals surface area contributed by atoms with E-state index in [0.29, 0.717) is 5.56 Å². The summed E-state index contributed by atoms with van der Waals surface area (Å²) in [4.78, 5) is 0. The van der Waals surface area contributed by atoms with Gasteiger partial charge in [0, 0.05) is 11.1 Å². The van der Waals surface area contributed by atoms with Crippen LogP contribution in [0.4, 0.5) is 0 Å². The average Bonchev–Trinajstić information content (AvgIpc) is 3.20. The number of benzene rings is 5. The molecule has 1 aliphatic heterocycles. The monoisotopic (exact) mass is 433 g/mol. The summed E-state index contributed by atoms with van der Waals surface area (Å²) in [7, 11) is 0. The first kappa shape index (κ1) is 18.9. The maximum Gasteiger partial charge on any atom is 0.132 e. The van der Waals surface area contributed by atoms with Gasteiger partial charge in [0.15, 0.2) is 0 Å². The summed E-state index contributed by atoms with van der Waals surface area (Å²) in [5.74, 6) is 1.70. The van der Waals surface area contributed by atoms with E-state index in [2.05, 4.69) is 91.0 Å². The molecule has 1 spiro atoms. The van der Waals surface area contributed by atoms with Crippen molar-refractivity contribution in [1.82, 2.24) is 0 Å². The number of rotatable bonds is 1. The minimum absolute atomic E-state index is 0.454. The standard InChI is InChI=1S/C32H19NO/c33-20-22-9-1-2-10-23(22)21-17-18-29-31(19-21)34-30-16-8-7-15-28(30)32(29)26-13-5-3-11-24(26)25-12-4-6-14-27(25)32/h1-19H. The Labute approximate surface area is 198 Å². The van der Waals surface area contributed by atoms with Crippen LogP contribution in [0.5, 0.6) is 11.5 Å². The molecule has 2 nitrogen and oxygen atoms in total. The Hall–Kier alpha value is -4.61. The number of hydrogen-bond donors (Lipinski definition) is 0. The van der Waals surface area contributed by atoms with Gasteiger partial charge >= 0.3 is 0 Å². The van der Waals surface area contributed by atoms with Crippen molar-refractivity contribution in [1.29, 1.82) is 5.26 Å². The molecule has 0 aromatic heterocycles. The van der Waals surface area contributed by atoms with Gasteiger partial charge in [-0.25, -0.2) is 0 Å². The van der Waals surface area contributed by atoms with E-state index < -0.39 is 5.41 Å². The van der Waals surface area contributed by atoms with Crippen LogP contribution < -0.4 is 4.74 Å². The van der Waals surface area contributed by atoms with E-state index in [9.17, 15) is 5.26 Å². The zero-order valence-electron chi connectivity index (χ0n) is 18.3. The Morgan fingerprint density at radius 3 is 1.79 bits per heavy atom. The van der Waals surface area contributed by atoms with Gasteiger partial charge in [0.25, 0.3) is 0 Å². The first-order valence-corrected chi connectivity index (χ1v) is 11.4. The summed E-state index contributed by atoms with van der Waals surface area (Å²) in [6.45, 7) is 0. The van der Waals surface area contributed by atoms with Gasteiger partial charge in [0.2, 0.25) is 0 Å². The molecular weight excluding hydrogens is 414 g/mol. The molecule has 1 aliphatic carbocycles. The number of fused-ring (bicyclic) bond motifs is 9. The van der Waals surface area contributed by atoms with Crippen molar-refractivity contribution in [2.24, 2.45) is 0 Å². The van der Waals surface area contributed by atoms with Crippen molar-refractivity contribution in [2.75, 3.05) is 0 Å². The van der Waals surface area contributed by atoms with E-state index in [-0.39, 0.29) is 0 Å². The molecule has 0 N–H and O–H groups in total. The van der Waals surface area contributed by atoms with Crippen LogP contribution in [0.3, 0.4) is 0 Å². The SMILES string of the molecule is N#Cc1ccccc1-c1ccc2c(c1)Oc1ccccc1C21c2ccccc2-c2ccccc21. The van der Waals surface area contributed by atoms with Crippen LogP contribution in [-0.2, 0) is 5.41 Å². The first-order chi connectivity index (χ1) is 16.8. The van der Waals surface area contributed by atoms with Gasteiger partial charge in [-0.3, -0.25) is 0 Å². The van der Waals surface area contributed by atoms with E-state index in [4.69, 9.17) is 4.74 Å². The third-order valence-electron chi connectivity index (χ3n) is 7.21. The van der Waals surface area contributed by atoms with Gasteiger partial charge < -0.3 is 4.74 Å². The lowest BCUT2D eigenvalue weighted by molar-refractivity contribution is 0.436. The fourth-order valence-corrected chi connectivity index (χ4v) is 5.86. The van der Waals surface area contributed by atoms with Crippen molar-refractivity contribution in [2.45, 2.75) is 5.41 Å². The average molecular weight is 434 g/mol. The number of nitriles is 1. The molecular formula is C32H19NO. The van der Waals surface area contributed by atoms with Crippen molar-refractivity contribution in [3.8, 4) is 39.8 Å². The number of para-hydroxylation sites is 1. The zero-order chi connectivity index (χ0) is 22.7. The Kier molecular flexibility index (Phi) is 3.86. The lowest BCUT2D eigenvalue weighted by Gasteiger charge is -2.39. The van der Waals surface area contributed by atoms with Crippen LogP contribution in [0.1, 0.15) is 27.8 Å². The normalized spacial score (nSPS) is 13.7. The first-order valence-electron chi connectivity index (χ1n) is 11.4. The summed E-state index contributed by atoms with van der Waals surface area (Å²) in [6, 6.07) is 42.2. The fraction of sp³-hybridized carbons (Fsp3) is 0.0312. The number of ether oxygens (including phenoxy) is 1. The maximum absolute atomic E-state index is 9.65. The summed E-state index contributed by atoms with van der Waals surface area (Å²) >= 11 is 0. The number of hydrogen-bond acceptors (Lipinski definition) is 2. The molecule has 0 atom stereocenters. The third-order valence-corrected chi connectivity index (χ3v) is 7.21. The number of nitrogens with zero attached hydrogens (tertiary/aromatic N) is 1. The Bertz CT molecular complexity index is 1610. The van der Waals surface area contributed by atoms with E-state index in [0.717, 1.165) is 33.8 Å². The van der Waals surface area contributed by atoms with Gasteiger partial charge in [-0.15, -0.1) is 0 Å². The highest BCUT2D eigenvalue weighted by molar-refractivity contribution is 5.89. The highest BCUT2D eigenvalue weighted by atomic mass is 16.5. The van der Waals surface area contributed by atoms with Crippen molar-refractivity contribution >= 4 is 0 Å². The van der Waals surface area contributed by atoms with Crippen LogP contribution in [0.2, 0.25) is 0 Å². The van der Waals surface area contributed by atoms with E-state index in [1.807, 2.05) is 30.3 Å². The van der Waals surface area contributed by atoms with Crippen LogP contribution in [0, 0.1) is 11.3 Å². The quantitative estimate of drug-likeness (QED) is 0.266. The topological polar surface area (TPSA) is 33.0 Å². The molecule has 0 saturated carbocycles. The lowest BCUT2D eigenvalue weighted by Crippen LogP contribution is -2.32. The molecule has 0 saturated heterocycles. The van der Waals surface area contributed by atoms with Crippen LogP contribution in [0.15, 0.2) is 115 Å². The lowest BCUT2D eigenvalue weighted by atomic mass is 9.66. The zero-order valence-corrected chi connectivity index (χ0v) is 18.3. The third kappa shape index (κ3) is 2.33. The molecule has 5 aromatic rings. The second kappa shape index (κ2) is 6.94. The van der Waals surface area contributed by atoms with Gasteiger partial charge in [0.05, 0.1) is 17.0 Å². The molecule has 1 heterocycles.